The molecule has 1 aromatic heterocycles. The summed E-state index contributed by atoms with van der Waals surface area (Å²) in [6, 6.07) is 2.16. The van der Waals surface area contributed by atoms with Gasteiger partial charge in [-0.15, -0.1) is 0 Å². The van der Waals surface area contributed by atoms with E-state index in [1.54, 1.807) is 4.68 Å². The summed E-state index contributed by atoms with van der Waals surface area (Å²) in [6.45, 7) is 6.64. The van der Waals surface area contributed by atoms with Crippen molar-refractivity contribution in [3.8, 4) is 6.07 Å². The first-order valence-corrected chi connectivity index (χ1v) is 4.87. The van der Waals surface area contributed by atoms with E-state index in [9.17, 15) is 0 Å². The molecule has 0 aliphatic carbocycles. The van der Waals surface area contributed by atoms with Crippen molar-refractivity contribution in [1.29, 1.82) is 5.26 Å². The molecule has 0 bridgehead atoms. The molecule has 15 heavy (non-hydrogen) atoms. The molecule has 1 N–H and O–H groups in total. The zero-order chi connectivity index (χ0) is 11.4. The molecule has 0 atom stereocenters. The number of anilines is 1. The van der Waals surface area contributed by atoms with E-state index in [1.807, 2.05) is 27.8 Å². The highest BCUT2D eigenvalue weighted by molar-refractivity contribution is 5.55. The van der Waals surface area contributed by atoms with Gasteiger partial charge >= 0.3 is 0 Å². The van der Waals surface area contributed by atoms with E-state index in [1.165, 1.54) is 5.57 Å². The lowest BCUT2D eigenvalue weighted by Gasteiger charge is -2.04. The highest BCUT2D eigenvalue weighted by Gasteiger charge is 2.11. The Morgan fingerprint density at radius 3 is 2.80 bits per heavy atom. The van der Waals surface area contributed by atoms with Gasteiger partial charge in [0.25, 0.3) is 0 Å². The third-order valence-corrected chi connectivity index (χ3v) is 2.11. The van der Waals surface area contributed by atoms with Crippen molar-refractivity contribution < 1.29 is 0 Å². The van der Waals surface area contributed by atoms with Gasteiger partial charge in [-0.1, -0.05) is 11.6 Å². The molecule has 0 radical (unpaired) electrons. The zero-order valence-corrected chi connectivity index (χ0v) is 9.63. The average molecular weight is 204 g/mol. The average Bonchev–Trinajstić information content (AvgIpc) is 2.41. The van der Waals surface area contributed by atoms with Crippen LogP contribution in [-0.2, 0) is 7.05 Å². The minimum atomic E-state index is 0.625. The van der Waals surface area contributed by atoms with E-state index in [2.05, 4.69) is 22.6 Å². The molecule has 1 rings (SSSR count). The molecular weight excluding hydrogens is 188 g/mol. The Balaban J connectivity index is 2.86. The molecule has 4 nitrogen and oxygen atoms in total. The molecular formula is C11H16N4. The summed E-state index contributed by atoms with van der Waals surface area (Å²) >= 11 is 0. The Labute approximate surface area is 90.2 Å². The van der Waals surface area contributed by atoms with Crippen molar-refractivity contribution in [2.24, 2.45) is 7.05 Å². The number of aromatic nitrogens is 2. The van der Waals surface area contributed by atoms with E-state index in [0.717, 1.165) is 18.1 Å². The molecule has 1 heterocycles. The van der Waals surface area contributed by atoms with Gasteiger partial charge in [-0.25, -0.2) is 0 Å². The molecule has 0 aliphatic heterocycles. The summed E-state index contributed by atoms with van der Waals surface area (Å²) in [5.74, 6) is 0.785. The Morgan fingerprint density at radius 2 is 2.27 bits per heavy atom. The van der Waals surface area contributed by atoms with Crippen LogP contribution < -0.4 is 5.32 Å². The second-order valence-corrected chi connectivity index (χ2v) is 3.71. The van der Waals surface area contributed by atoms with Gasteiger partial charge < -0.3 is 5.32 Å². The summed E-state index contributed by atoms with van der Waals surface area (Å²) in [4.78, 5) is 0. The van der Waals surface area contributed by atoms with Crippen LogP contribution in [-0.4, -0.2) is 16.3 Å². The maximum Gasteiger partial charge on any atom is 0.142 e. The third-order valence-electron chi connectivity index (χ3n) is 2.11. The Bertz CT molecular complexity index is 417. The smallest absolute Gasteiger partial charge is 0.142 e. The second-order valence-electron chi connectivity index (χ2n) is 3.71. The molecule has 0 amide bonds. The van der Waals surface area contributed by atoms with Crippen LogP contribution in [0.25, 0.3) is 0 Å². The number of hydrogen-bond donors (Lipinski definition) is 1. The molecule has 80 valence electrons. The second kappa shape index (κ2) is 4.65. The predicted octanol–water partition coefficient (Wildman–Crippen LogP) is 1.98. The lowest BCUT2D eigenvalue weighted by Crippen LogP contribution is -2.05. The molecule has 0 saturated heterocycles. The van der Waals surface area contributed by atoms with Gasteiger partial charge in [0.15, 0.2) is 0 Å². The summed E-state index contributed by atoms with van der Waals surface area (Å²) in [5.41, 5.74) is 2.64. The van der Waals surface area contributed by atoms with Gasteiger partial charge in [0.2, 0.25) is 0 Å². The number of nitrogens with zero attached hydrogens (tertiary/aromatic N) is 3. The quantitative estimate of drug-likeness (QED) is 0.766. The van der Waals surface area contributed by atoms with Gasteiger partial charge in [-0.3, -0.25) is 4.68 Å². The first kappa shape index (κ1) is 11.3. The largest absolute Gasteiger partial charge is 0.366 e. The standard InChI is InChI=1S/C11H16N4/c1-8(2)5-6-13-11-10(7-12)9(3)14-15(11)4/h5,13H,6H2,1-4H3. The van der Waals surface area contributed by atoms with Crippen molar-refractivity contribution in [2.75, 3.05) is 11.9 Å². The van der Waals surface area contributed by atoms with E-state index >= 15 is 0 Å². The normalized spacial score (nSPS) is 9.53. The van der Waals surface area contributed by atoms with Crippen LogP contribution in [0.5, 0.6) is 0 Å². The van der Waals surface area contributed by atoms with Crippen molar-refractivity contribution in [1.82, 2.24) is 9.78 Å². The van der Waals surface area contributed by atoms with Crippen LogP contribution in [0.4, 0.5) is 5.82 Å². The van der Waals surface area contributed by atoms with Gasteiger partial charge in [0.05, 0.1) is 5.69 Å². The highest BCUT2D eigenvalue weighted by atomic mass is 15.3. The first-order chi connectivity index (χ1) is 7.06. The van der Waals surface area contributed by atoms with Crippen LogP contribution in [0.1, 0.15) is 25.1 Å². The topological polar surface area (TPSA) is 53.6 Å². The van der Waals surface area contributed by atoms with Crippen molar-refractivity contribution in [3.05, 3.63) is 22.9 Å². The van der Waals surface area contributed by atoms with E-state index in [-0.39, 0.29) is 0 Å². The van der Waals surface area contributed by atoms with Crippen LogP contribution in [0.15, 0.2) is 11.6 Å². The summed E-state index contributed by atoms with van der Waals surface area (Å²) < 4.78 is 1.70. The molecule has 1 aromatic rings. The van der Waals surface area contributed by atoms with Crippen molar-refractivity contribution >= 4 is 5.82 Å². The minimum absolute atomic E-state index is 0.625. The van der Waals surface area contributed by atoms with Crippen LogP contribution in [0.2, 0.25) is 0 Å². The van der Waals surface area contributed by atoms with Gasteiger partial charge in [0.1, 0.15) is 17.5 Å². The Kier molecular flexibility index (Phi) is 3.51. The minimum Gasteiger partial charge on any atom is -0.366 e. The number of rotatable bonds is 3. The van der Waals surface area contributed by atoms with Crippen LogP contribution >= 0.6 is 0 Å². The van der Waals surface area contributed by atoms with Crippen LogP contribution in [0.3, 0.4) is 0 Å². The fourth-order valence-corrected chi connectivity index (χ4v) is 1.35. The van der Waals surface area contributed by atoms with Gasteiger partial charge in [0, 0.05) is 13.6 Å². The number of hydrogen-bond acceptors (Lipinski definition) is 3. The van der Waals surface area contributed by atoms with Crippen molar-refractivity contribution in [3.63, 3.8) is 0 Å². The summed E-state index contributed by atoms with van der Waals surface area (Å²) in [7, 11) is 1.83. The van der Waals surface area contributed by atoms with Crippen LogP contribution in [0, 0.1) is 18.3 Å². The zero-order valence-electron chi connectivity index (χ0n) is 9.63. The third kappa shape index (κ3) is 2.59. The summed E-state index contributed by atoms with van der Waals surface area (Å²) in [5, 5.41) is 16.3. The predicted molar refractivity (Wildman–Crippen MR) is 60.6 cm³/mol. The highest BCUT2D eigenvalue weighted by Crippen LogP contribution is 2.16. The molecule has 0 saturated carbocycles. The number of allylic oxidation sites excluding steroid dienone is 1. The maximum absolute atomic E-state index is 8.96. The number of aryl methyl sites for hydroxylation is 2. The summed E-state index contributed by atoms with van der Waals surface area (Å²) in [6.07, 6.45) is 2.07. The first-order valence-electron chi connectivity index (χ1n) is 4.87. The van der Waals surface area contributed by atoms with E-state index in [4.69, 9.17) is 5.26 Å². The Hall–Kier alpha value is -1.76. The molecule has 0 aromatic carbocycles. The van der Waals surface area contributed by atoms with Gasteiger partial charge in [-0.05, 0) is 20.8 Å². The van der Waals surface area contributed by atoms with E-state index < -0.39 is 0 Å². The fraction of sp³-hybridized carbons (Fsp3) is 0.455. The number of nitrogens with one attached hydrogen (secondary N) is 1. The molecule has 0 spiro atoms. The van der Waals surface area contributed by atoms with Gasteiger partial charge in [-0.2, -0.15) is 10.4 Å². The molecule has 0 aliphatic rings. The Morgan fingerprint density at radius 1 is 1.60 bits per heavy atom. The monoisotopic (exact) mass is 204 g/mol. The lowest BCUT2D eigenvalue weighted by atomic mass is 10.2. The number of nitriles is 1. The molecule has 4 heteroatoms. The molecule has 0 fully saturated rings. The van der Waals surface area contributed by atoms with E-state index in [0.29, 0.717) is 5.56 Å². The lowest BCUT2D eigenvalue weighted by molar-refractivity contribution is 0.761. The fourth-order valence-electron chi connectivity index (χ4n) is 1.35. The molecule has 0 unspecified atom stereocenters. The SMILES string of the molecule is CC(C)=CCNc1c(C#N)c(C)nn1C. The maximum atomic E-state index is 8.96. The van der Waals surface area contributed by atoms with Crippen molar-refractivity contribution in [2.45, 2.75) is 20.8 Å².